The lowest BCUT2D eigenvalue weighted by Gasteiger charge is -2.25. The van der Waals surface area contributed by atoms with Crippen molar-refractivity contribution in [2.24, 2.45) is 0 Å². The van der Waals surface area contributed by atoms with Gasteiger partial charge in [-0.3, -0.25) is 9.55 Å². The third-order valence-corrected chi connectivity index (χ3v) is 12.0. The van der Waals surface area contributed by atoms with Gasteiger partial charge in [-0.25, -0.2) is 4.98 Å². The van der Waals surface area contributed by atoms with E-state index in [9.17, 15) is 6.48 Å². The lowest BCUT2D eigenvalue weighted by molar-refractivity contribution is 0.472. The molecular weight excluding hydrogens is 755 g/mol. The van der Waals surface area contributed by atoms with Crippen molar-refractivity contribution in [1.29, 1.82) is 0 Å². The van der Waals surface area contributed by atoms with Crippen LogP contribution in [0.25, 0.3) is 83.9 Å². The predicted molar refractivity (Wildman–Crippen MR) is 260 cm³/mol. The highest BCUT2D eigenvalue weighted by Gasteiger charge is 2.25. The molecule has 0 spiro atoms. The fourth-order valence-corrected chi connectivity index (χ4v) is 8.84. The highest BCUT2D eigenvalue weighted by atomic mass is 16.3. The van der Waals surface area contributed by atoms with Crippen molar-refractivity contribution in [3.8, 4) is 78.6 Å². The molecule has 0 fully saturated rings. The number of phenols is 1. The molecule has 0 amide bonds. The average Bonchev–Trinajstić information content (AvgIpc) is 3.67. The summed E-state index contributed by atoms with van der Waals surface area (Å²) < 4.78 is 11.7. The normalized spacial score (nSPS) is 12.2. The minimum absolute atomic E-state index is 0.0962. The molecule has 4 heteroatoms. The van der Waals surface area contributed by atoms with Crippen LogP contribution in [0, 0.1) is 20.8 Å². The Morgan fingerprint density at radius 1 is 0.565 bits per heavy atom. The van der Waals surface area contributed by atoms with Gasteiger partial charge in [0.15, 0.2) is 0 Å². The molecule has 7 aromatic carbocycles. The van der Waals surface area contributed by atoms with Crippen molar-refractivity contribution in [2.75, 3.05) is 0 Å². The van der Waals surface area contributed by atoms with Crippen LogP contribution in [0.1, 0.15) is 69.7 Å². The molecule has 62 heavy (non-hydrogen) atoms. The van der Waals surface area contributed by atoms with E-state index in [1.54, 1.807) is 0 Å². The summed E-state index contributed by atoms with van der Waals surface area (Å²) in [5.41, 5.74) is 18.7. The zero-order chi connectivity index (χ0) is 44.2. The summed E-state index contributed by atoms with van der Waals surface area (Å²) in [6.45, 7) is 16.7. The number of phenolic OH excluding ortho intramolecular Hbond substituents is 1. The van der Waals surface area contributed by atoms with Crippen LogP contribution in [-0.4, -0.2) is 19.6 Å². The number of para-hydroxylation sites is 1. The summed E-state index contributed by atoms with van der Waals surface area (Å²) in [6.07, 6.45) is 1.89. The van der Waals surface area contributed by atoms with Gasteiger partial charge in [0.2, 0.25) is 0 Å². The minimum atomic E-state index is -0.931. The lowest BCUT2D eigenvalue weighted by Crippen LogP contribution is -2.13. The Morgan fingerprint density at radius 2 is 1.26 bits per heavy atom. The Bertz CT molecular complexity index is 3170. The van der Waals surface area contributed by atoms with E-state index in [1.807, 2.05) is 45.2 Å². The van der Waals surface area contributed by atoms with Gasteiger partial charge in [0.05, 0.1) is 22.3 Å². The number of aryl methyl sites for hydroxylation is 3. The van der Waals surface area contributed by atoms with E-state index in [2.05, 4.69) is 179 Å². The Balaban J connectivity index is 1.30. The number of aromatic nitrogens is 3. The van der Waals surface area contributed by atoms with Crippen molar-refractivity contribution in [3.05, 3.63) is 192 Å². The number of fused-ring (bicyclic) bond motifs is 1. The van der Waals surface area contributed by atoms with Crippen LogP contribution < -0.4 is 0 Å². The maximum Gasteiger partial charge on any atom is 0.149 e. The van der Waals surface area contributed by atoms with Gasteiger partial charge in [-0.05, 0) is 148 Å². The largest absolute Gasteiger partial charge is 0.507 e. The van der Waals surface area contributed by atoms with Gasteiger partial charge < -0.3 is 5.11 Å². The van der Waals surface area contributed by atoms with E-state index in [-0.39, 0.29) is 11.2 Å². The van der Waals surface area contributed by atoms with Crippen molar-refractivity contribution in [1.82, 2.24) is 14.5 Å². The smallest absolute Gasteiger partial charge is 0.149 e. The molecule has 9 rings (SSSR count). The van der Waals surface area contributed by atoms with Crippen molar-refractivity contribution >= 4 is 11.0 Å². The highest BCUT2D eigenvalue weighted by molar-refractivity contribution is 5.98. The zero-order valence-electron chi connectivity index (χ0n) is 37.9. The van der Waals surface area contributed by atoms with Crippen LogP contribution in [-0.2, 0) is 5.41 Å². The molecule has 4 nitrogen and oxygen atoms in total. The van der Waals surface area contributed by atoms with E-state index in [1.165, 1.54) is 11.1 Å². The maximum absolute atomic E-state index is 11.8. The summed E-state index contributed by atoms with van der Waals surface area (Å²) in [5, 5.41) is 11.8. The van der Waals surface area contributed by atoms with E-state index in [4.69, 9.17) is 9.97 Å². The standard InChI is InChI=1S/C58H53N3O/c1-36(2)50-35-46(25-26-48(50)49-17-12-13-19-52(49)58(6,7)8)61-54-20-14-18-47(55(54)60-57(61)51-30-38(4)29-39(5)56(51)62)44-31-43(40-15-10-9-11-16-40)32-45(33-44)53-34-42(27-28-59-53)41-23-21-37(3)22-24-41/h9-36,62H,1-8H3/i36D. The molecule has 306 valence electrons. The van der Waals surface area contributed by atoms with Gasteiger partial charge in [0, 0.05) is 24.4 Å². The molecule has 0 atom stereocenters. The number of rotatable bonds is 8. The third-order valence-electron chi connectivity index (χ3n) is 12.0. The Morgan fingerprint density at radius 3 is 2.02 bits per heavy atom. The van der Waals surface area contributed by atoms with Crippen LogP contribution in [0.2, 0.25) is 0 Å². The fourth-order valence-electron chi connectivity index (χ4n) is 8.84. The molecule has 1 N–H and O–H groups in total. The second-order valence-corrected chi connectivity index (χ2v) is 17.9. The summed E-state index contributed by atoms with van der Waals surface area (Å²) >= 11 is 0. The van der Waals surface area contributed by atoms with Gasteiger partial charge in [-0.2, -0.15) is 0 Å². The molecule has 2 aromatic heterocycles. The SMILES string of the molecule is [2H]C(C)(C)c1cc(-n2c(-c3cc(C)cc(C)c3O)nc3c(-c4cc(-c5ccccc5)cc(-c5cc(-c6ccc(C)cc6)ccn5)c4)cccc32)ccc1-c1ccccc1C(C)(C)C. The maximum atomic E-state index is 11.8. The topological polar surface area (TPSA) is 50.9 Å². The van der Waals surface area contributed by atoms with Crippen LogP contribution >= 0.6 is 0 Å². The number of benzene rings is 7. The predicted octanol–water partition coefficient (Wildman–Crippen LogP) is 15.5. The second kappa shape index (κ2) is 16.1. The molecule has 0 aliphatic rings. The molecule has 2 heterocycles. The molecule has 0 radical (unpaired) electrons. The van der Waals surface area contributed by atoms with E-state index >= 15 is 0 Å². The third kappa shape index (κ3) is 7.62. The minimum Gasteiger partial charge on any atom is -0.507 e. The Labute approximate surface area is 367 Å². The molecule has 0 aliphatic heterocycles. The fraction of sp³-hybridized carbons (Fsp3) is 0.172. The molecule has 0 unspecified atom stereocenters. The monoisotopic (exact) mass is 808 g/mol. The number of imidazole rings is 1. The first-order chi connectivity index (χ1) is 30.1. The van der Waals surface area contributed by atoms with Gasteiger partial charge in [0.1, 0.15) is 11.6 Å². The summed E-state index contributed by atoms with van der Waals surface area (Å²) in [6, 6.07) is 55.4. The zero-order valence-corrected chi connectivity index (χ0v) is 36.9. The van der Waals surface area contributed by atoms with Crippen LogP contribution in [0.15, 0.2) is 164 Å². The molecule has 0 bridgehead atoms. The first kappa shape index (κ1) is 39.1. The second-order valence-electron chi connectivity index (χ2n) is 17.9. The van der Waals surface area contributed by atoms with Gasteiger partial charge in [-0.1, -0.05) is 143 Å². The summed E-state index contributed by atoms with van der Waals surface area (Å²) in [5.74, 6) is -0.104. The number of hydrogen-bond donors (Lipinski definition) is 1. The van der Waals surface area contributed by atoms with Crippen molar-refractivity contribution in [2.45, 2.75) is 66.7 Å². The molecule has 0 saturated heterocycles. The molecule has 0 saturated carbocycles. The van der Waals surface area contributed by atoms with Crippen LogP contribution in [0.4, 0.5) is 0 Å². The van der Waals surface area contributed by atoms with Gasteiger partial charge >= 0.3 is 0 Å². The number of nitrogens with zero attached hydrogens (tertiary/aromatic N) is 3. The average molecular weight is 809 g/mol. The van der Waals surface area contributed by atoms with E-state index in [0.717, 1.165) is 89.2 Å². The van der Waals surface area contributed by atoms with Gasteiger partial charge in [-0.15, -0.1) is 0 Å². The summed E-state index contributed by atoms with van der Waals surface area (Å²) in [4.78, 5) is 10.4. The van der Waals surface area contributed by atoms with Gasteiger partial charge in [0.25, 0.3) is 0 Å². The van der Waals surface area contributed by atoms with Crippen LogP contribution in [0.3, 0.4) is 0 Å². The number of hydrogen-bond acceptors (Lipinski definition) is 3. The molecule has 0 aliphatic carbocycles. The number of pyridine rings is 1. The Hall–Kier alpha value is -7.04. The van der Waals surface area contributed by atoms with Crippen LogP contribution in [0.5, 0.6) is 5.75 Å². The summed E-state index contributed by atoms with van der Waals surface area (Å²) in [7, 11) is 0. The van der Waals surface area contributed by atoms with E-state index < -0.39 is 5.89 Å². The highest BCUT2D eigenvalue weighted by Crippen LogP contribution is 2.43. The van der Waals surface area contributed by atoms with Crippen molar-refractivity contribution in [3.63, 3.8) is 0 Å². The first-order valence-corrected chi connectivity index (χ1v) is 21.5. The lowest BCUT2D eigenvalue weighted by atomic mass is 9.80. The Kier molecular flexibility index (Phi) is 10.2. The quantitative estimate of drug-likeness (QED) is 0.166. The van der Waals surface area contributed by atoms with Crippen molar-refractivity contribution < 1.29 is 6.48 Å². The number of aromatic hydroxyl groups is 1. The first-order valence-electron chi connectivity index (χ1n) is 22.0. The molecular formula is C58H53N3O. The van der Waals surface area contributed by atoms with E-state index in [0.29, 0.717) is 11.4 Å². The molecule has 9 aromatic rings.